The highest BCUT2D eigenvalue weighted by Crippen LogP contribution is 2.25. The molecular weight excluding hydrogens is 756 g/mol. The lowest BCUT2D eigenvalue weighted by Crippen LogP contribution is -2.30. The van der Waals surface area contributed by atoms with Crippen LogP contribution in [0.5, 0.6) is 0 Å². The Bertz CT molecular complexity index is 1880. The zero-order chi connectivity index (χ0) is 36.0. The first-order valence-electron chi connectivity index (χ1n) is 16.0. The zero-order valence-electron chi connectivity index (χ0n) is 28.1. The minimum Gasteiger partial charge on any atom is -0.347 e. The summed E-state index contributed by atoms with van der Waals surface area (Å²) in [4.78, 5) is 54.5. The predicted molar refractivity (Wildman–Crippen MR) is 205 cm³/mol. The number of carbonyl (C=O) groups excluding carboxylic acids is 2. The van der Waals surface area contributed by atoms with Crippen molar-refractivity contribution in [1.29, 1.82) is 0 Å². The van der Waals surface area contributed by atoms with Crippen LogP contribution in [0.4, 0.5) is 11.4 Å². The van der Waals surface area contributed by atoms with Crippen molar-refractivity contribution in [3.05, 3.63) is 148 Å². The molecule has 0 aliphatic rings. The molecule has 1 amide bonds. The van der Waals surface area contributed by atoms with E-state index in [2.05, 4.69) is 22.2 Å². The number of thiazole rings is 2. The number of aryl methyl sites for hydroxylation is 2. The van der Waals surface area contributed by atoms with Crippen LogP contribution in [0.1, 0.15) is 81.7 Å². The lowest BCUT2D eigenvalue weighted by Gasteiger charge is -2.17. The number of hydrogen-bond donors (Lipinski definition) is 2. The molecule has 51 heavy (non-hydrogen) atoms. The average molecular weight is 796 g/mol. The number of benzene rings is 3. The molecule has 0 aliphatic carbocycles. The second-order valence-corrected chi connectivity index (χ2v) is 13.1. The molecule has 0 spiro atoms. The first-order chi connectivity index (χ1) is 24.1. The van der Waals surface area contributed by atoms with Crippen molar-refractivity contribution >= 4 is 62.7 Å². The van der Waals surface area contributed by atoms with E-state index < -0.39 is 9.85 Å². The summed E-state index contributed by atoms with van der Waals surface area (Å²) in [6.07, 6.45) is 2.98. The SMILES string of the molecule is Br.CCc1csc([C@@H](N)Cc2ccc([N+](=O)[O-])cc2)n1.CCc1csc([C@H](Cc2ccc([N+](=O)[O-])cc2)NC(=O)CCC(=O)c2ccccc2)n1. The standard InChI is InChI=1S/C23H23N3O4S.C13H15N3O2S.BrH/c1-2-18-15-31-23(24-18)20(14-16-8-10-19(11-9-16)26(29)30)25-22(28)13-12-21(27)17-6-4-3-5-7-17;1-2-10-8-19-13(15-10)12(14)7-9-3-5-11(6-4-9)16(17)18;/h3-11,15,20H,2,12-14H2,1H3,(H,25,28);3-6,8,12H,2,7,14H2,1H3;1H/t20-;12-;/m00./s1. The number of hydrogen-bond acceptors (Lipinski definition) is 11. The monoisotopic (exact) mass is 794 g/mol. The second kappa shape index (κ2) is 20.2. The van der Waals surface area contributed by atoms with Crippen LogP contribution < -0.4 is 11.1 Å². The number of nitro benzene ring substituents is 2. The van der Waals surface area contributed by atoms with Gasteiger partial charge in [0.1, 0.15) is 10.0 Å². The molecular formula is C36H39BrN6O6S2. The van der Waals surface area contributed by atoms with Gasteiger partial charge in [0.2, 0.25) is 5.91 Å². The summed E-state index contributed by atoms with van der Waals surface area (Å²) in [6.45, 7) is 4.07. The minimum absolute atomic E-state index is 0. The number of aromatic nitrogens is 2. The van der Waals surface area contributed by atoms with E-state index in [0.29, 0.717) is 18.4 Å². The Morgan fingerprint density at radius 3 is 1.73 bits per heavy atom. The molecule has 3 aromatic carbocycles. The average Bonchev–Trinajstić information content (AvgIpc) is 3.82. The number of nitro groups is 2. The van der Waals surface area contributed by atoms with Crippen molar-refractivity contribution in [3.8, 4) is 0 Å². The van der Waals surface area contributed by atoms with Crippen LogP contribution in [-0.2, 0) is 30.5 Å². The summed E-state index contributed by atoms with van der Waals surface area (Å²) in [6, 6.07) is 21.1. The van der Waals surface area contributed by atoms with E-state index in [-0.39, 0.29) is 65.0 Å². The Kier molecular flexibility index (Phi) is 16.2. The van der Waals surface area contributed by atoms with Crippen molar-refractivity contribution < 1.29 is 19.4 Å². The smallest absolute Gasteiger partial charge is 0.269 e. The Morgan fingerprint density at radius 1 is 0.745 bits per heavy atom. The number of rotatable bonds is 15. The van der Waals surface area contributed by atoms with E-state index in [4.69, 9.17) is 5.73 Å². The molecule has 0 aliphatic heterocycles. The highest BCUT2D eigenvalue weighted by molar-refractivity contribution is 8.93. The minimum atomic E-state index is -0.443. The quantitative estimate of drug-likeness (QED) is 0.0600. The summed E-state index contributed by atoms with van der Waals surface area (Å²) < 4.78 is 0. The molecule has 268 valence electrons. The highest BCUT2D eigenvalue weighted by atomic mass is 79.9. The molecule has 15 heteroatoms. The third-order valence-electron chi connectivity index (χ3n) is 7.68. The molecule has 0 unspecified atom stereocenters. The molecule has 0 saturated carbocycles. The van der Waals surface area contributed by atoms with Gasteiger partial charge in [-0.2, -0.15) is 0 Å². The fourth-order valence-electron chi connectivity index (χ4n) is 4.85. The number of ketones is 1. The normalized spacial score (nSPS) is 11.7. The van der Waals surface area contributed by atoms with Gasteiger partial charge in [-0.15, -0.1) is 39.7 Å². The van der Waals surface area contributed by atoms with Crippen LogP contribution in [0.2, 0.25) is 0 Å². The van der Waals surface area contributed by atoms with E-state index >= 15 is 0 Å². The maximum Gasteiger partial charge on any atom is 0.269 e. The first kappa shape index (κ1) is 40.7. The van der Waals surface area contributed by atoms with E-state index in [9.17, 15) is 29.8 Å². The summed E-state index contributed by atoms with van der Waals surface area (Å²) in [5, 5.41) is 30.1. The summed E-state index contributed by atoms with van der Waals surface area (Å²) >= 11 is 3.04. The van der Waals surface area contributed by atoms with Crippen LogP contribution in [-0.4, -0.2) is 31.5 Å². The van der Waals surface area contributed by atoms with E-state index in [1.807, 2.05) is 23.8 Å². The summed E-state index contributed by atoms with van der Waals surface area (Å²) in [5.74, 6) is -0.311. The third-order valence-corrected chi connectivity index (χ3v) is 9.71. The van der Waals surface area contributed by atoms with E-state index in [1.54, 1.807) is 59.9 Å². The van der Waals surface area contributed by atoms with E-state index in [1.165, 1.54) is 35.6 Å². The second-order valence-electron chi connectivity index (χ2n) is 11.3. The van der Waals surface area contributed by atoms with Gasteiger partial charge in [0.25, 0.3) is 11.4 Å². The van der Waals surface area contributed by atoms with Crippen molar-refractivity contribution in [2.24, 2.45) is 5.73 Å². The Morgan fingerprint density at radius 2 is 1.24 bits per heavy atom. The molecule has 2 aromatic heterocycles. The van der Waals surface area contributed by atoms with Crippen LogP contribution in [0.3, 0.4) is 0 Å². The van der Waals surface area contributed by atoms with Crippen LogP contribution in [0.25, 0.3) is 0 Å². The topological polar surface area (TPSA) is 184 Å². The third kappa shape index (κ3) is 12.5. The Balaban J connectivity index is 0.000000301. The molecule has 0 radical (unpaired) electrons. The fourth-order valence-corrected chi connectivity index (χ4v) is 6.70. The van der Waals surface area contributed by atoms with Gasteiger partial charge < -0.3 is 11.1 Å². The molecule has 12 nitrogen and oxygen atoms in total. The largest absolute Gasteiger partial charge is 0.347 e. The van der Waals surface area contributed by atoms with Crippen LogP contribution in [0.15, 0.2) is 89.6 Å². The van der Waals surface area contributed by atoms with Crippen molar-refractivity contribution in [2.45, 2.75) is 64.5 Å². The number of nitrogens with zero attached hydrogens (tertiary/aromatic N) is 4. The lowest BCUT2D eigenvalue weighted by atomic mass is 10.0. The van der Waals surface area contributed by atoms with Crippen LogP contribution >= 0.6 is 39.7 Å². The van der Waals surface area contributed by atoms with Gasteiger partial charge in [0.15, 0.2) is 5.78 Å². The molecule has 2 heterocycles. The van der Waals surface area contributed by atoms with Gasteiger partial charge in [-0.1, -0.05) is 68.4 Å². The predicted octanol–water partition coefficient (Wildman–Crippen LogP) is 8.11. The number of non-ortho nitro benzene ring substituents is 2. The molecule has 3 N–H and O–H groups in total. The number of nitrogens with two attached hydrogens (primary N) is 1. The van der Waals surface area contributed by atoms with Gasteiger partial charge in [-0.25, -0.2) is 9.97 Å². The van der Waals surface area contributed by atoms with Crippen molar-refractivity contribution in [1.82, 2.24) is 15.3 Å². The molecule has 5 rings (SSSR count). The van der Waals surface area contributed by atoms with Crippen molar-refractivity contribution in [3.63, 3.8) is 0 Å². The molecule has 5 aromatic rings. The maximum absolute atomic E-state index is 12.6. The lowest BCUT2D eigenvalue weighted by molar-refractivity contribution is -0.385. The first-order valence-corrected chi connectivity index (χ1v) is 17.8. The van der Waals surface area contributed by atoms with Gasteiger partial charge >= 0.3 is 0 Å². The molecule has 0 fully saturated rings. The molecule has 2 atom stereocenters. The van der Waals surface area contributed by atoms with Crippen molar-refractivity contribution in [2.75, 3.05) is 0 Å². The number of halogens is 1. The number of carbonyl (C=O) groups is 2. The maximum atomic E-state index is 12.6. The fraction of sp³-hybridized carbons (Fsp3) is 0.278. The van der Waals surface area contributed by atoms with Gasteiger partial charge in [0, 0.05) is 53.4 Å². The van der Waals surface area contributed by atoms with Gasteiger partial charge in [-0.3, -0.25) is 29.8 Å². The summed E-state index contributed by atoms with van der Waals surface area (Å²) in [7, 11) is 0. The highest BCUT2D eigenvalue weighted by Gasteiger charge is 2.20. The number of nitrogens with one attached hydrogen (secondary N) is 1. The Hall–Kier alpha value is -4.70. The summed E-state index contributed by atoms with van der Waals surface area (Å²) in [5.41, 5.74) is 10.6. The van der Waals surface area contributed by atoms with Gasteiger partial charge in [-0.05, 0) is 36.8 Å². The Labute approximate surface area is 314 Å². The molecule has 0 saturated heterocycles. The molecule has 0 bridgehead atoms. The van der Waals surface area contributed by atoms with Crippen LogP contribution in [0, 0.1) is 20.2 Å². The van der Waals surface area contributed by atoms with E-state index in [0.717, 1.165) is 45.4 Å². The number of amides is 1. The number of Topliss-reactive ketones (excluding diaryl/α,β-unsaturated/α-hetero) is 1. The zero-order valence-corrected chi connectivity index (χ0v) is 31.4. The van der Waals surface area contributed by atoms with Gasteiger partial charge in [0.05, 0.1) is 33.3 Å².